The molecule has 24 heavy (non-hydrogen) atoms. The first-order chi connectivity index (χ1) is 11.7. The van der Waals surface area contributed by atoms with Gasteiger partial charge in [0.05, 0.1) is 0 Å². The lowest BCUT2D eigenvalue weighted by molar-refractivity contribution is -0.123. The second-order valence-corrected chi connectivity index (χ2v) is 5.95. The Balaban J connectivity index is 1.72. The molecule has 2 aromatic carbocycles. The molecule has 2 amide bonds. The molecule has 3 rings (SSSR count). The third kappa shape index (κ3) is 4.00. The molecule has 124 valence electrons. The first kappa shape index (κ1) is 16.2. The lowest BCUT2D eigenvalue weighted by Gasteiger charge is -2.28. The average Bonchev–Trinajstić information content (AvgIpc) is 2.59. The van der Waals surface area contributed by atoms with E-state index in [1.54, 1.807) is 24.3 Å². The molecule has 1 unspecified atom stereocenters. The van der Waals surface area contributed by atoms with Crippen LogP contribution in [0.15, 0.2) is 60.7 Å². The summed E-state index contributed by atoms with van der Waals surface area (Å²) in [5.74, 6) is 0.0255. The van der Waals surface area contributed by atoms with Gasteiger partial charge in [0, 0.05) is 31.1 Å². The SMILES string of the molecule is O=C(NC(C(=O)NCC1CNC1)c1ccccc1)c1ccccc1. The molecule has 2 aromatic rings. The van der Waals surface area contributed by atoms with E-state index in [9.17, 15) is 9.59 Å². The van der Waals surface area contributed by atoms with Crippen LogP contribution in [0, 0.1) is 5.92 Å². The number of hydrogen-bond donors (Lipinski definition) is 3. The molecule has 1 atom stereocenters. The van der Waals surface area contributed by atoms with Crippen molar-refractivity contribution in [3.8, 4) is 0 Å². The van der Waals surface area contributed by atoms with E-state index < -0.39 is 6.04 Å². The van der Waals surface area contributed by atoms with Crippen LogP contribution in [0.1, 0.15) is 22.0 Å². The molecule has 0 saturated carbocycles. The smallest absolute Gasteiger partial charge is 0.252 e. The summed E-state index contributed by atoms with van der Waals surface area (Å²) in [6.07, 6.45) is 0. The van der Waals surface area contributed by atoms with E-state index in [2.05, 4.69) is 16.0 Å². The lowest BCUT2D eigenvalue weighted by Crippen LogP contribution is -2.50. The molecular weight excluding hydrogens is 302 g/mol. The minimum Gasteiger partial charge on any atom is -0.354 e. The van der Waals surface area contributed by atoms with E-state index in [-0.39, 0.29) is 11.8 Å². The van der Waals surface area contributed by atoms with Crippen molar-refractivity contribution < 1.29 is 9.59 Å². The van der Waals surface area contributed by atoms with Crippen LogP contribution in [0.4, 0.5) is 0 Å². The van der Waals surface area contributed by atoms with Crippen molar-refractivity contribution >= 4 is 11.8 Å². The number of benzene rings is 2. The van der Waals surface area contributed by atoms with Gasteiger partial charge in [-0.15, -0.1) is 0 Å². The van der Waals surface area contributed by atoms with E-state index in [0.717, 1.165) is 18.7 Å². The largest absolute Gasteiger partial charge is 0.354 e. The van der Waals surface area contributed by atoms with Crippen LogP contribution >= 0.6 is 0 Å². The van der Waals surface area contributed by atoms with Gasteiger partial charge in [-0.2, -0.15) is 0 Å². The zero-order valence-electron chi connectivity index (χ0n) is 13.4. The van der Waals surface area contributed by atoms with Gasteiger partial charge in [-0.05, 0) is 17.7 Å². The van der Waals surface area contributed by atoms with Crippen LogP contribution in [0.3, 0.4) is 0 Å². The van der Waals surface area contributed by atoms with Crippen LogP contribution in [0.25, 0.3) is 0 Å². The summed E-state index contributed by atoms with van der Waals surface area (Å²) < 4.78 is 0. The zero-order valence-corrected chi connectivity index (χ0v) is 13.4. The average molecular weight is 323 g/mol. The molecule has 1 heterocycles. The summed E-state index contributed by atoms with van der Waals surface area (Å²) in [5.41, 5.74) is 1.31. The van der Waals surface area contributed by atoms with E-state index in [1.807, 2.05) is 36.4 Å². The number of hydrogen-bond acceptors (Lipinski definition) is 3. The summed E-state index contributed by atoms with van der Waals surface area (Å²) in [7, 11) is 0. The van der Waals surface area contributed by atoms with Crippen LogP contribution < -0.4 is 16.0 Å². The fourth-order valence-electron chi connectivity index (χ4n) is 2.59. The Morgan fingerprint density at radius 1 is 1.00 bits per heavy atom. The molecular formula is C19H21N3O2. The predicted octanol–water partition coefficient (Wildman–Crippen LogP) is 1.49. The van der Waals surface area contributed by atoms with E-state index in [4.69, 9.17) is 0 Å². The van der Waals surface area contributed by atoms with E-state index >= 15 is 0 Å². The van der Waals surface area contributed by atoms with Crippen molar-refractivity contribution in [1.29, 1.82) is 0 Å². The Bertz CT molecular complexity index is 684. The van der Waals surface area contributed by atoms with Crippen LogP contribution in [0.2, 0.25) is 0 Å². The normalized spacial score (nSPS) is 15.2. The van der Waals surface area contributed by atoms with Gasteiger partial charge in [0.25, 0.3) is 5.91 Å². The number of carbonyl (C=O) groups is 2. The fourth-order valence-corrected chi connectivity index (χ4v) is 2.59. The molecule has 1 saturated heterocycles. The topological polar surface area (TPSA) is 70.2 Å². The highest BCUT2D eigenvalue weighted by Gasteiger charge is 2.25. The van der Waals surface area contributed by atoms with Crippen LogP contribution in [0.5, 0.6) is 0 Å². The van der Waals surface area contributed by atoms with E-state index in [1.165, 1.54) is 0 Å². The maximum Gasteiger partial charge on any atom is 0.252 e. The minimum absolute atomic E-state index is 0.183. The zero-order chi connectivity index (χ0) is 16.8. The molecule has 0 radical (unpaired) electrons. The van der Waals surface area contributed by atoms with Crippen molar-refractivity contribution in [2.45, 2.75) is 6.04 Å². The third-order valence-corrected chi connectivity index (χ3v) is 4.14. The highest BCUT2D eigenvalue weighted by Crippen LogP contribution is 2.14. The summed E-state index contributed by atoms with van der Waals surface area (Å²) in [6.45, 7) is 2.47. The van der Waals surface area contributed by atoms with Gasteiger partial charge >= 0.3 is 0 Å². The van der Waals surface area contributed by atoms with Gasteiger partial charge in [-0.1, -0.05) is 48.5 Å². The Labute approximate surface area is 141 Å². The molecule has 1 fully saturated rings. The Morgan fingerprint density at radius 3 is 2.21 bits per heavy atom. The van der Waals surface area contributed by atoms with Gasteiger partial charge in [0.2, 0.25) is 5.91 Å². The minimum atomic E-state index is -0.702. The molecule has 1 aliphatic heterocycles. The fraction of sp³-hybridized carbons (Fsp3) is 0.263. The van der Waals surface area contributed by atoms with Crippen molar-refractivity contribution in [2.24, 2.45) is 5.92 Å². The van der Waals surface area contributed by atoms with Gasteiger partial charge in [-0.3, -0.25) is 9.59 Å². The van der Waals surface area contributed by atoms with Gasteiger partial charge in [-0.25, -0.2) is 0 Å². The number of rotatable bonds is 6. The first-order valence-electron chi connectivity index (χ1n) is 8.13. The highest BCUT2D eigenvalue weighted by atomic mass is 16.2. The Kier molecular flexibility index (Phi) is 5.23. The molecule has 3 N–H and O–H groups in total. The van der Waals surface area contributed by atoms with Crippen molar-refractivity contribution in [3.05, 3.63) is 71.8 Å². The molecule has 1 aliphatic rings. The summed E-state index contributed by atoms with van der Waals surface area (Å²) in [4.78, 5) is 25.0. The summed E-state index contributed by atoms with van der Waals surface area (Å²) >= 11 is 0. The summed E-state index contributed by atoms with van der Waals surface area (Å²) in [5, 5.41) is 8.97. The maximum atomic E-state index is 12.6. The quantitative estimate of drug-likeness (QED) is 0.754. The molecule has 0 aromatic heterocycles. The van der Waals surface area contributed by atoms with Crippen molar-refractivity contribution in [2.75, 3.05) is 19.6 Å². The molecule has 5 nitrogen and oxygen atoms in total. The highest BCUT2D eigenvalue weighted by molar-refractivity contribution is 5.97. The Morgan fingerprint density at radius 2 is 1.62 bits per heavy atom. The molecule has 5 heteroatoms. The van der Waals surface area contributed by atoms with Crippen molar-refractivity contribution in [1.82, 2.24) is 16.0 Å². The predicted molar refractivity (Wildman–Crippen MR) is 92.5 cm³/mol. The standard InChI is InChI=1S/C19H21N3O2/c23-18(16-9-5-2-6-10-16)22-17(15-7-3-1-4-8-15)19(24)21-13-14-11-20-12-14/h1-10,14,17,20H,11-13H2,(H,21,24)(H,22,23). The second-order valence-electron chi connectivity index (χ2n) is 5.95. The number of carbonyl (C=O) groups excluding carboxylic acids is 2. The first-order valence-corrected chi connectivity index (χ1v) is 8.13. The van der Waals surface area contributed by atoms with Gasteiger partial charge in [0.15, 0.2) is 0 Å². The third-order valence-electron chi connectivity index (χ3n) is 4.14. The van der Waals surface area contributed by atoms with Crippen LogP contribution in [-0.4, -0.2) is 31.4 Å². The molecule has 0 spiro atoms. The van der Waals surface area contributed by atoms with E-state index in [0.29, 0.717) is 18.0 Å². The number of nitrogens with one attached hydrogen (secondary N) is 3. The number of amides is 2. The van der Waals surface area contributed by atoms with Crippen LogP contribution in [-0.2, 0) is 4.79 Å². The van der Waals surface area contributed by atoms with Crippen molar-refractivity contribution in [3.63, 3.8) is 0 Å². The Hall–Kier alpha value is -2.66. The molecule has 0 bridgehead atoms. The molecule has 0 aliphatic carbocycles. The van der Waals surface area contributed by atoms with Gasteiger partial charge in [0.1, 0.15) is 6.04 Å². The second kappa shape index (κ2) is 7.75. The summed E-state index contributed by atoms with van der Waals surface area (Å²) in [6, 6.07) is 17.5. The monoisotopic (exact) mass is 323 g/mol. The maximum absolute atomic E-state index is 12.6. The lowest BCUT2D eigenvalue weighted by atomic mass is 10.0. The van der Waals surface area contributed by atoms with Gasteiger partial charge < -0.3 is 16.0 Å².